The van der Waals surface area contributed by atoms with E-state index in [0.717, 1.165) is 0 Å². The van der Waals surface area contributed by atoms with Crippen LogP contribution in [0.2, 0.25) is 0 Å². The summed E-state index contributed by atoms with van der Waals surface area (Å²) in [6.45, 7) is 1.72. The molecule has 2 N–H and O–H groups in total. The van der Waals surface area contributed by atoms with Crippen molar-refractivity contribution in [2.75, 3.05) is 0 Å². The van der Waals surface area contributed by atoms with Crippen LogP contribution in [0.3, 0.4) is 0 Å². The maximum absolute atomic E-state index is 11.0. The summed E-state index contributed by atoms with van der Waals surface area (Å²) in [5.74, 6) is -0.819. The fraction of sp³-hybridized carbons (Fsp3) is 0.0909. The lowest BCUT2D eigenvalue weighted by Crippen LogP contribution is -2.05. The molecule has 0 amide bonds. The van der Waals surface area contributed by atoms with Crippen LogP contribution in [-0.2, 0) is 0 Å². The molecule has 2 heterocycles. The molecule has 0 aromatic carbocycles. The number of carboxylic acids is 1. The molecule has 0 aliphatic carbocycles. The first-order valence-electron chi connectivity index (χ1n) is 4.61. The van der Waals surface area contributed by atoms with Gasteiger partial charge in [-0.3, -0.25) is 4.79 Å². The van der Waals surface area contributed by atoms with Crippen molar-refractivity contribution < 1.29 is 14.3 Å². The summed E-state index contributed by atoms with van der Waals surface area (Å²) in [5.41, 5.74) is 1.11. The minimum Gasteiger partial charge on any atom is -0.475 e. The number of rotatable bonds is 2. The average Bonchev–Trinajstić information content (AvgIpc) is 2.66. The highest BCUT2D eigenvalue weighted by atomic mass is 16.4. The maximum Gasteiger partial charge on any atom is 0.371 e. The molecular formula is C11H9NO4. The molecule has 0 saturated carbocycles. The summed E-state index contributed by atoms with van der Waals surface area (Å²) in [6.07, 6.45) is 0. The van der Waals surface area contributed by atoms with Gasteiger partial charge in [0.05, 0.1) is 0 Å². The molecular weight excluding hydrogens is 210 g/mol. The van der Waals surface area contributed by atoms with Gasteiger partial charge in [0.15, 0.2) is 0 Å². The molecule has 0 aliphatic rings. The zero-order valence-corrected chi connectivity index (χ0v) is 8.48. The number of aromatic carboxylic acids is 1. The van der Waals surface area contributed by atoms with Crippen molar-refractivity contribution in [3.8, 4) is 11.3 Å². The van der Waals surface area contributed by atoms with Crippen LogP contribution in [0.25, 0.3) is 11.3 Å². The number of aromatic amines is 1. The monoisotopic (exact) mass is 219 g/mol. The van der Waals surface area contributed by atoms with Gasteiger partial charge in [-0.2, -0.15) is 0 Å². The van der Waals surface area contributed by atoms with Gasteiger partial charge in [-0.15, -0.1) is 0 Å². The number of carbonyl (C=O) groups is 1. The van der Waals surface area contributed by atoms with Gasteiger partial charge >= 0.3 is 5.97 Å². The lowest BCUT2D eigenvalue weighted by atomic mass is 10.1. The van der Waals surface area contributed by atoms with Crippen LogP contribution in [0.1, 0.15) is 16.2 Å². The third-order valence-corrected chi connectivity index (χ3v) is 2.20. The van der Waals surface area contributed by atoms with Crippen LogP contribution in [-0.4, -0.2) is 16.1 Å². The van der Waals surface area contributed by atoms with Gasteiger partial charge in [0.1, 0.15) is 5.76 Å². The van der Waals surface area contributed by atoms with Crippen molar-refractivity contribution in [1.29, 1.82) is 0 Å². The number of carboxylic acid groups (broad SMARTS) is 1. The van der Waals surface area contributed by atoms with Crippen molar-refractivity contribution in [2.45, 2.75) is 6.92 Å². The first kappa shape index (κ1) is 10.2. The van der Waals surface area contributed by atoms with Crippen molar-refractivity contribution >= 4 is 5.97 Å². The Morgan fingerprint density at radius 2 is 2.06 bits per heavy atom. The molecule has 2 aromatic heterocycles. The van der Waals surface area contributed by atoms with Crippen molar-refractivity contribution in [3.63, 3.8) is 0 Å². The van der Waals surface area contributed by atoms with Crippen LogP contribution in [0.15, 0.2) is 33.5 Å². The number of hydrogen-bond donors (Lipinski definition) is 2. The number of furan rings is 1. The fourth-order valence-corrected chi connectivity index (χ4v) is 1.44. The minimum absolute atomic E-state index is 0.124. The van der Waals surface area contributed by atoms with Gasteiger partial charge in [0.2, 0.25) is 11.3 Å². The van der Waals surface area contributed by atoms with E-state index in [2.05, 4.69) is 4.98 Å². The van der Waals surface area contributed by atoms with E-state index in [4.69, 9.17) is 9.52 Å². The number of nitrogens with one attached hydrogen (secondary N) is 1. The largest absolute Gasteiger partial charge is 0.475 e. The highest BCUT2D eigenvalue weighted by Gasteiger charge is 2.11. The molecule has 16 heavy (non-hydrogen) atoms. The van der Waals surface area contributed by atoms with Gasteiger partial charge < -0.3 is 14.5 Å². The Labute approximate surface area is 90.3 Å². The molecule has 2 aromatic rings. The second-order valence-corrected chi connectivity index (χ2v) is 3.33. The van der Waals surface area contributed by atoms with E-state index in [1.165, 1.54) is 12.1 Å². The Balaban J connectivity index is 2.50. The number of hydrogen-bond acceptors (Lipinski definition) is 3. The maximum atomic E-state index is 11.0. The highest BCUT2D eigenvalue weighted by molar-refractivity contribution is 5.85. The third kappa shape index (κ3) is 1.75. The molecule has 82 valence electrons. The standard InChI is InChI=1S/C11H9NO4/c1-6-7(2-5-10(13)12-6)8-3-4-9(16-8)11(14)15/h2-5H,1H3,(H,12,13)(H,14,15). The van der Waals surface area contributed by atoms with Crippen molar-refractivity contribution in [2.24, 2.45) is 0 Å². The lowest BCUT2D eigenvalue weighted by molar-refractivity contribution is 0.0663. The molecule has 5 heteroatoms. The molecule has 0 fully saturated rings. The Morgan fingerprint density at radius 1 is 1.31 bits per heavy atom. The predicted octanol–water partition coefficient (Wildman–Crippen LogP) is 1.64. The van der Waals surface area contributed by atoms with Gasteiger partial charge in [-0.25, -0.2) is 4.79 Å². The summed E-state index contributed by atoms with van der Waals surface area (Å²) in [6, 6.07) is 5.90. The second kappa shape index (κ2) is 3.69. The summed E-state index contributed by atoms with van der Waals surface area (Å²) in [7, 11) is 0. The van der Waals surface area contributed by atoms with Crippen molar-refractivity contribution in [3.05, 3.63) is 46.1 Å². The zero-order chi connectivity index (χ0) is 11.7. The summed E-state index contributed by atoms with van der Waals surface area (Å²) < 4.78 is 5.13. The molecule has 0 bridgehead atoms. The van der Waals surface area contributed by atoms with E-state index in [9.17, 15) is 9.59 Å². The van der Waals surface area contributed by atoms with Gasteiger partial charge in [-0.1, -0.05) is 0 Å². The molecule has 0 radical (unpaired) electrons. The van der Waals surface area contributed by atoms with Gasteiger partial charge in [0, 0.05) is 17.3 Å². The molecule has 0 spiro atoms. The molecule has 0 atom stereocenters. The topological polar surface area (TPSA) is 83.3 Å². The van der Waals surface area contributed by atoms with E-state index < -0.39 is 5.97 Å². The first-order chi connectivity index (χ1) is 7.58. The first-order valence-corrected chi connectivity index (χ1v) is 4.61. The quantitative estimate of drug-likeness (QED) is 0.804. The number of pyridine rings is 1. The molecule has 2 rings (SSSR count). The molecule has 0 unspecified atom stereocenters. The van der Waals surface area contributed by atoms with Crippen LogP contribution in [0.4, 0.5) is 0 Å². The van der Waals surface area contributed by atoms with E-state index >= 15 is 0 Å². The molecule has 0 aliphatic heterocycles. The van der Waals surface area contributed by atoms with Gasteiger partial charge in [0.25, 0.3) is 0 Å². The Morgan fingerprint density at radius 3 is 2.62 bits per heavy atom. The Kier molecular flexibility index (Phi) is 2.36. The normalized spacial score (nSPS) is 10.3. The minimum atomic E-state index is -1.12. The van der Waals surface area contributed by atoms with E-state index in [-0.39, 0.29) is 11.3 Å². The number of aryl methyl sites for hydroxylation is 1. The third-order valence-electron chi connectivity index (χ3n) is 2.20. The predicted molar refractivity (Wildman–Crippen MR) is 56.5 cm³/mol. The Bertz CT molecular complexity index is 594. The van der Waals surface area contributed by atoms with E-state index in [1.807, 2.05) is 0 Å². The number of H-pyrrole nitrogens is 1. The zero-order valence-electron chi connectivity index (χ0n) is 8.48. The average molecular weight is 219 g/mol. The van der Waals surface area contributed by atoms with Crippen LogP contribution in [0, 0.1) is 6.92 Å². The van der Waals surface area contributed by atoms with Crippen LogP contribution in [0.5, 0.6) is 0 Å². The second-order valence-electron chi connectivity index (χ2n) is 3.33. The van der Waals surface area contributed by atoms with Crippen LogP contribution < -0.4 is 5.56 Å². The lowest BCUT2D eigenvalue weighted by Gasteiger charge is -2.00. The molecule has 0 saturated heterocycles. The van der Waals surface area contributed by atoms with Gasteiger partial charge in [-0.05, 0) is 25.1 Å². The SMILES string of the molecule is Cc1[nH]c(=O)ccc1-c1ccc(C(=O)O)o1. The highest BCUT2D eigenvalue weighted by Crippen LogP contribution is 2.23. The fourth-order valence-electron chi connectivity index (χ4n) is 1.44. The van der Waals surface area contributed by atoms with E-state index in [0.29, 0.717) is 17.0 Å². The van der Waals surface area contributed by atoms with Crippen molar-refractivity contribution in [1.82, 2.24) is 4.98 Å². The smallest absolute Gasteiger partial charge is 0.371 e. The van der Waals surface area contributed by atoms with E-state index in [1.54, 1.807) is 19.1 Å². The molecule has 5 nitrogen and oxygen atoms in total. The summed E-state index contributed by atoms with van der Waals surface area (Å²) in [5, 5.41) is 8.71. The number of aromatic nitrogens is 1. The summed E-state index contributed by atoms with van der Waals surface area (Å²) >= 11 is 0. The Hall–Kier alpha value is -2.30. The van der Waals surface area contributed by atoms with Crippen LogP contribution >= 0.6 is 0 Å². The summed E-state index contributed by atoms with van der Waals surface area (Å²) in [4.78, 5) is 24.3.